The van der Waals surface area contributed by atoms with Crippen LogP contribution in [0.4, 0.5) is 0 Å². The molecule has 0 atom stereocenters. The molecule has 0 fully saturated rings. The summed E-state index contributed by atoms with van der Waals surface area (Å²) >= 11 is 0. The molecule has 0 aliphatic carbocycles. The second-order valence-corrected chi connectivity index (χ2v) is 17.1. The number of carboxylic acid groups (broad SMARTS) is 3. The predicted molar refractivity (Wildman–Crippen MR) is 253 cm³/mol. The van der Waals surface area contributed by atoms with Crippen LogP contribution in [0.1, 0.15) is 290 Å². The van der Waals surface area contributed by atoms with Gasteiger partial charge in [0.25, 0.3) is 0 Å². The van der Waals surface area contributed by atoms with Gasteiger partial charge in [0.2, 0.25) is 0 Å². The smallest absolute Gasteiger partial charge is 0.550 e. The zero-order chi connectivity index (χ0) is 44.7. The fraction of sp³-hybridized carbons (Fsp3) is 0.833. The van der Waals surface area contributed by atoms with Gasteiger partial charge in [-0.15, -0.1) is 0 Å². The molecule has 0 unspecified atom stereocenters. The van der Waals surface area contributed by atoms with Gasteiger partial charge >= 0.3 is 40.8 Å². The molecular weight excluding hydrogens is 889 g/mol. The van der Waals surface area contributed by atoms with Crippen molar-refractivity contribution in [2.75, 3.05) is 0 Å². The van der Waals surface area contributed by atoms with Gasteiger partial charge in [0.15, 0.2) is 0 Å². The van der Waals surface area contributed by atoms with Crippen molar-refractivity contribution in [2.45, 2.75) is 290 Å². The largest absolute Gasteiger partial charge is 3.00 e. The van der Waals surface area contributed by atoms with E-state index in [0.717, 1.165) is 57.8 Å². The van der Waals surface area contributed by atoms with Crippen LogP contribution in [-0.2, 0) is 14.4 Å². The molecule has 7 heteroatoms. The van der Waals surface area contributed by atoms with E-state index in [9.17, 15) is 29.7 Å². The molecule has 0 aliphatic heterocycles. The Morgan fingerprint density at radius 2 is 0.410 bits per heavy atom. The Morgan fingerprint density at radius 3 is 0.574 bits per heavy atom. The summed E-state index contributed by atoms with van der Waals surface area (Å²) in [5.74, 6) is -2.74. The van der Waals surface area contributed by atoms with Gasteiger partial charge in [-0.05, 0) is 116 Å². The number of rotatable bonds is 45. The summed E-state index contributed by atoms with van der Waals surface area (Å²) in [6.45, 7) is 6.77. The third-order valence-corrected chi connectivity index (χ3v) is 10.9. The zero-order valence-corrected chi connectivity index (χ0v) is 43.8. The molecule has 0 aromatic carbocycles. The number of hydrogen-bond donors (Lipinski definition) is 0. The Kier molecular flexibility index (Phi) is 69.1. The SMILES string of the molecule is CCCCCCCC/C=C\CCCCCCCC(=O)[O-].CCCCCCCC/C=C\CCCCCCCC(=O)[O-].CCCCCCCC/C=C\CCCCCCCC(=O)[O-].[Nd+3]. The van der Waals surface area contributed by atoms with E-state index in [1.54, 1.807) is 0 Å². The van der Waals surface area contributed by atoms with Gasteiger partial charge in [-0.1, -0.05) is 211 Å². The van der Waals surface area contributed by atoms with Gasteiger partial charge in [0.05, 0.1) is 0 Å². The van der Waals surface area contributed by atoms with Crippen molar-refractivity contribution in [3.8, 4) is 0 Å². The fourth-order valence-corrected chi connectivity index (χ4v) is 7.02. The quantitative estimate of drug-likeness (QED) is 0.0443. The Labute approximate surface area is 412 Å². The topological polar surface area (TPSA) is 120 Å². The molecule has 355 valence electrons. The first-order chi connectivity index (χ1) is 29.3. The molecule has 0 aromatic heterocycles. The predicted octanol–water partition coefficient (Wildman–Crippen LogP) is 14.3. The minimum atomic E-state index is -0.914. The van der Waals surface area contributed by atoms with Crippen LogP contribution in [0, 0.1) is 40.8 Å². The van der Waals surface area contributed by atoms with Crippen LogP contribution in [0.5, 0.6) is 0 Å². The summed E-state index contributed by atoms with van der Waals surface area (Å²) in [4.78, 5) is 30.6. The van der Waals surface area contributed by atoms with E-state index in [2.05, 4.69) is 57.2 Å². The van der Waals surface area contributed by atoms with Crippen LogP contribution >= 0.6 is 0 Å². The van der Waals surface area contributed by atoms with Crippen molar-refractivity contribution in [1.29, 1.82) is 0 Å². The van der Waals surface area contributed by atoms with Crippen LogP contribution in [0.2, 0.25) is 0 Å². The Hall–Kier alpha value is -1.02. The molecule has 0 amide bonds. The molecule has 6 nitrogen and oxygen atoms in total. The van der Waals surface area contributed by atoms with Crippen molar-refractivity contribution < 1.29 is 70.5 Å². The number of carboxylic acids is 3. The summed E-state index contributed by atoms with van der Waals surface area (Å²) in [5, 5.41) is 30.6. The van der Waals surface area contributed by atoms with Gasteiger partial charge < -0.3 is 29.7 Å². The molecular formula is C54H99NdO6. The fourth-order valence-electron chi connectivity index (χ4n) is 7.02. The average molecular weight is 989 g/mol. The summed E-state index contributed by atoms with van der Waals surface area (Å²) in [5.41, 5.74) is 0. The van der Waals surface area contributed by atoms with Crippen LogP contribution in [0.15, 0.2) is 36.5 Å². The summed E-state index contributed by atoms with van der Waals surface area (Å²) in [6.07, 6.45) is 62.7. The average Bonchev–Trinajstić information content (AvgIpc) is 3.22. The van der Waals surface area contributed by atoms with E-state index in [1.165, 1.54) is 193 Å². The number of allylic oxidation sites excluding steroid dienone is 6. The number of unbranched alkanes of at least 4 members (excludes halogenated alkanes) is 33. The number of carbonyl (C=O) groups excluding carboxylic acids is 3. The van der Waals surface area contributed by atoms with Crippen LogP contribution in [0.25, 0.3) is 0 Å². The van der Waals surface area contributed by atoms with Crippen molar-refractivity contribution in [3.05, 3.63) is 36.5 Å². The van der Waals surface area contributed by atoms with Gasteiger partial charge in [-0.25, -0.2) is 0 Å². The maximum absolute atomic E-state index is 10.2. The second kappa shape index (κ2) is 63.3. The molecule has 1 radical (unpaired) electrons. The molecule has 0 aliphatic rings. The van der Waals surface area contributed by atoms with Crippen molar-refractivity contribution in [2.24, 2.45) is 0 Å². The van der Waals surface area contributed by atoms with E-state index in [0.29, 0.717) is 0 Å². The number of carbonyl (C=O) groups is 3. The molecule has 0 rings (SSSR count). The summed E-state index contributed by atoms with van der Waals surface area (Å²) < 4.78 is 0. The van der Waals surface area contributed by atoms with E-state index in [4.69, 9.17) is 0 Å². The summed E-state index contributed by atoms with van der Waals surface area (Å²) in [6, 6.07) is 0. The van der Waals surface area contributed by atoms with Gasteiger partial charge in [-0.2, -0.15) is 0 Å². The first-order valence-electron chi connectivity index (χ1n) is 25.9. The Morgan fingerprint density at radius 1 is 0.262 bits per heavy atom. The maximum Gasteiger partial charge on any atom is 3.00 e. The number of hydrogen-bond acceptors (Lipinski definition) is 6. The minimum Gasteiger partial charge on any atom is -0.550 e. The van der Waals surface area contributed by atoms with Crippen LogP contribution < -0.4 is 15.3 Å². The zero-order valence-electron chi connectivity index (χ0n) is 40.6. The monoisotopic (exact) mass is 986 g/mol. The van der Waals surface area contributed by atoms with Crippen LogP contribution in [0.3, 0.4) is 0 Å². The molecule has 0 saturated heterocycles. The first kappa shape index (κ1) is 66.6. The third-order valence-electron chi connectivity index (χ3n) is 10.9. The summed E-state index contributed by atoms with van der Waals surface area (Å²) in [7, 11) is 0. The third kappa shape index (κ3) is 76.7. The molecule has 0 bridgehead atoms. The van der Waals surface area contributed by atoms with Crippen molar-refractivity contribution in [1.82, 2.24) is 0 Å². The second-order valence-electron chi connectivity index (χ2n) is 17.1. The van der Waals surface area contributed by atoms with E-state index in [1.807, 2.05) is 0 Å². The Balaban J connectivity index is -0.000000396. The van der Waals surface area contributed by atoms with E-state index in [-0.39, 0.29) is 60.1 Å². The maximum atomic E-state index is 10.2. The molecule has 0 saturated carbocycles. The van der Waals surface area contributed by atoms with Crippen LogP contribution in [-0.4, -0.2) is 17.9 Å². The first-order valence-corrected chi connectivity index (χ1v) is 25.9. The standard InChI is InChI=1S/3C18H34O2.Nd/c3*1-2-3-4-5-6-7-8-9-10-11-12-13-14-15-16-17-18(19)20;/h3*9-10H,2-8,11-17H2,1H3,(H,19,20);/q;;;+3/p-3/b3*10-9-;. The van der Waals surface area contributed by atoms with Crippen molar-refractivity contribution >= 4 is 17.9 Å². The van der Waals surface area contributed by atoms with Crippen molar-refractivity contribution in [3.63, 3.8) is 0 Å². The van der Waals surface area contributed by atoms with Gasteiger partial charge in [0, 0.05) is 17.9 Å². The van der Waals surface area contributed by atoms with E-state index < -0.39 is 17.9 Å². The molecule has 0 heterocycles. The van der Waals surface area contributed by atoms with Gasteiger partial charge in [0.1, 0.15) is 0 Å². The van der Waals surface area contributed by atoms with Gasteiger partial charge in [-0.3, -0.25) is 0 Å². The van der Waals surface area contributed by atoms with E-state index >= 15 is 0 Å². The molecule has 0 aromatic rings. The molecule has 0 N–H and O–H groups in total. The minimum absolute atomic E-state index is 0. The molecule has 61 heavy (non-hydrogen) atoms. The normalized spacial score (nSPS) is 11.1. The Bertz CT molecular complexity index is 827. The molecule has 0 spiro atoms. The number of aliphatic carboxylic acids is 3.